The van der Waals surface area contributed by atoms with Gasteiger partial charge in [0.2, 0.25) is 5.75 Å². The fourth-order valence-electron chi connectivity index (χ4n) is 3.70. The zero-order valence-corrected chi connectivity index (χ0v) is 20.2. The molecule has 0 aliphatic heterocycles. The number of aryl methyl sites for hydroxylation is 1. The van der Waals surface area contributed by atoms with E-state index in [1.54, 1.807) is 7.05 Å². The summed E-state index contributed by atoms with van der Waals surface area (Å²) in [7, 11) is 1.67. The highest BCUT2D eigenvalue weighted by Crippen LogP contribution is 2.34. The molecule has 0 bridgehead atoms. The summed E-state index contributed by atoms with van der Waals surface area (Å²) in [4.78, 5) is 24.6. The van der Waals surface area contributed by atoms with Gasteiger partial charge in [0.1, 0.15) is 5.75 Å². The van der Waals surface area contributed by atoms with Crippen molar-refractivity contribution in [2.45, 2.75) is 85.0 Å². The maximum absolute atomic E-state index is 12.9. The van der Waals surface area contributed by atoms with Crippen molar-refractivity contribution in [3.63, 3.8) is 0 Å². The fourth-order valence-corrected chi connectivity index (χ4v) is 3.70. The molecule has 2 rings (SSSR count). The van der Waals surface area contributed by atoms with Crippen LogP contribution >= 0.6 is 0 Å². The van der Waals surface area contributed by atoms with Crippen LogP contribution in [0.3, 0.4) is 0 Å². The smallest absolute Gasteiger partial charge is 0.308 e. The molecule has 2 aromatic rings. The van der Waals surface area contributed by atoms with Gasteiger partial charge in [0.05, 0.1) is 18.7 Å². The molecule has 0 aliphatic carbocycles. The van der Waals surface area contributed by atoms with E-state index in [9.17, 15) is 9.59 Å². The molecule has 0 radical (unpaired) electrons. The zero-order chi connectivity index (χ0) is 23.3. The van der Waals surface area contributed by atoms with E-state index in [1.807, 2.05) is 18.2 Å². The lowest BCUT2D eigenvalue weighted by molar-refractivity contribution is -0.132. The lowest BCUT2D eigenvalue weighted by Gasteiger charge is -2.17. The number of nitrogens with zero attached hydrogens (tertiary/aromatic N) is 1. The Bertz CT molecular complexity index is 919. The number of fused-ring (bicyclic) bond motifs is 1. The van der Waals surface area contributed by atoms with E-state index in [0.29, 0.717) is 24.5 Å². The number of benzene rings is 1. The number of esters is 1. The minimum absolute atomic E-state index is 0.0521. The summed E-state index contributed by atoms with van der Waals surface area (Å²) in [5, 5.41) is 0.728. The molecule has 0 unspecified atom stereocenters. The standard InChI is InChI=1S/C26H39NO5/c1-5-7-9-11-12-14-17-30-21-15-16-22-23(19-21)27(4)26(29)25(32-20(3)28)24(22)31-18-13-10-8-6-2/h15-16,19H,5-14,17-18H2,1-4H3. The normalized spacial score (nSPS) is 11.0. The number of unbranched alkanes of at least 4 members (excludes halogenated alkanes) is 8. The molecule has 0 atom stereocenters. The van der Waals surface area contributed by atoms with E-state index in [0.717, 1.165) is 49.7 Å². The molecule has 0 fully saturated rings. The number of hydrogen-bond donors (Lipinski definition) is 0. The molecule has 0 saturated carbocycles. The van der Waals surface area contributed by atoms with Crippen LogP contribution in [0.15, 0.2) is 23.0 Å². The highest BCUT2D eigenvalue weighted by Gasteiger charge is 2.20. The molecule has 178 valence electrons. The first-order valence-corrected chi connectivity index (χ1v) is 12.1. The first-order chi connectivity index (χ1) is 15.5. The summed E-state index contributed by atoms with van der Waals surface area (Å²) in [5.74, 6) is 0.451. The maximum atomic E-state index is 12.9. The Kier molecular flexibility index (Phi) is 11.1. The SMILES string of the molecule is CCCCCCCCOc1ccc2c(OCCCCCC)c(OC(C)=O)c(=O)n(C)c2c1. The highest BCUT2D eigenvalue weighted by molar-refractivity contribution is 5.89. The van der Waals surface area contributed by atoms with Crippen LogP contribution in [-0.2, 0) is 11.8 Å². The van der Waals surface area contributed by atoms with Crippen molar-refractivity contribution in [2.24, 2.45) is 7.05 Å². The average molecular weight is 446 g/mol. The van der Waals surface area contributed by atoms with Gasteiger partial charge in [-0.25, -0.2) is 0 Å². The maximum Gasteiger partial charge on any atom is 0.308 e. The minimum Gasteiger partial charge on any atom is -0.494 e. The van der Waals surface area contributed by atoms with Gasteiger partial charge >= 0.3 is 5.97 Å². The quantitative estimate of drug-likeness (QED) is 0.242. The van der Waals surface area contributed by atoms with E-state index in [1.165, 1.54) is 37.2 Å². The van der Waals surface area contributed by atoms with Gasteiger partial charge in [0.25, 0.3) is 5.56 Å². The Labute approximate surface area is 191 Å². The molecule has 1 aromatic heterocycles. The van der Waals surface area contributed by atoms with Crippen molar-refractivity contribution in [3.8, 4) is 17.2 Å². The van der Waals surface area contributed by atoms with Gasteiger partial charge in [-0.05, 0) is 25.0 Å². The number of carbonyl (C=O) groups excluding carboxylic acids is 1. The predicted molar refractivity (Wildman–Crippen MR) is 129 cm³/mol. The number of ether oxygens (including phenoxy) is 3. The van der Waals surface area contributed by atoms with Crippen molar-refractivity contribution < 1.29 is 19.0 Å². The van der Waals surface area contributed by atoms with Crippen LogP contribution < -0.4 is 19.8 Å². The van der Waals surface area contributed by atoms with Crippen molar-refractivity contribution in [3.05, 3.63) is 28.6 Å². The monoisotopic (exact) mass is 445 g/mol. The molecule has 6 heteroatoms. The third-order valence-electron chi connectivity index (χ3n) is 5.54. The Balaban J connectivity index is 2.20. The van der Waals surface area contributed by atoms with Crippen LogP contribution in [0.2, 0.25) is 0 Å². The van der Waals surface area contributed by atoms with E-state index >= 15 is 0 Å². The summed E-state index contributed by atoms with van der Waals surface area (Å²) in [6, 6.07) is 5.61. The van der Waals surface area contributed by atoms with E-state index < -0.39 is 11.5 Å². The van der Waals surface area contributed by atoms with Gasteiger partial charge in [-0.1, -0.05) is 65.2 Å². The van der Waals surface area contributed by atoms with E-state index in [-0.39, 0.29) is 5.75 Å². The third-order valence-corrected chi connectivity index (χ3v) is 5.54. The number of rotatable bonds is 15. The van der Waals surface area contributed by atoms with Gasteiger partial charge in [0.15, 0.2) is 5.75 Å². The molecule has 0 amide bonds. The summed E-state index contributed by atoms with van der Waals surface area (Å²) in [6.07, 6.45) is 11.4. The summed E-state index contributed by atoms with van der Waals surface area (Å²) in [5.41, 5.74) is 0.291. The van der Waals surface area contributed by atoms with E-state index in [2.05, 4.69) is 13.8 Å². The van der Waals surface area contributed by atoms with Crippen LogP contribution in [0.5, 0.6) is 17.2 Å². The van der Waals surface area contributed by atoms with Gasteiger partial charge in [-0.3, -0.25) is 9.59 Å². The Morgan fingerprint density at radius 2 is 1.44 bits per heavy atom. The first-order valence-electron chi connectivity index (χ1n) is 12.1. The lowest BCUT2D eigenvalue weighted by Crippen LogP contribution is -2.22. The average Bonchev–Trinajstić information content (AvgIpc) is 2.78. The van der Waals surface area contributed by atoms with Crippen LogP contribution in [0.1, 0.15) is 85.0 Å². The fraction of sp³-hybridized carbons (Fsp3) is 0.615. The third kappa shape index (κ3) is 7.57. The van der Waals surface area contributed by atoms with Crippen LogP contribution in [-0.4, -0.2) is 23.8 Å². The van der Waals surface area contributed by atoms with Crippen molar-refractivity contribution in [2.75, 3.05) is 13.2 Å². The molecule has 0 N–H and O–H groups in total. The minimum atomic E-state index is -0.545. The van der Waals surface area contributed by atoms with Gasteiger partial charge < -0.3 is 18.8 Å². The lowest BCUT2D eigenvalue weighted by atomic mass is 10.1. The van der Waals surface area contributed by atoms with Crippen LogP contribution in [0, 0.1) is 0 Å². The summed E-state index contributed by atoms with van der Waals surface area (Å²) < 4.78 is 18.7. The molecule has 32 heavy (non-hydrogen) atoms. The number of carbonyl (C=O) groups is 1. The molecule has 0 aliphatic rings. The van der Waals surface area contributed by atoms with Crippen molar-refractivity contribution in [1.29, 1.82) is 0 Å². The van der Waals surface area contributed by atoms with Crippen molar-refractivity contribution in [1.82, 2.24) is 4.57 Å². The Hall–Kier alpha value is -2.50. The van der Waals surface area contributed by atoms with Gasteiger partial charge in [-0.2, -0.15) is 0 Å². The second-order valence-corrected chi connectivity index (χ2v) is 8.32. The number of aromatic nitrogens is 1. The zero-order valence-electron chi connectivity index (χ0n) is 20.2. The van der Waals surface area contributed by atoms with Crippen LogP contribution in [0.25, 0.3) is 10.9 Å². The largest absolute Gasteiger partial charge is 0.494 e. The van der Waals surface area contributed by atoms with Gasteiger partial charge in [0, 0.05) is 25.4 Å². The number of pyridine rings is 1. The molecule has 1 aromatic carbocycles. The second-order valence-electron chi connectivity index (χ2n) is 8.32. The van der Waals surface area contributed by atoms with E-state index in [4.69, 9.17) is 14.2 Å². The molecule has 1 heterocycles. The predicted octanol–water partition coefficient (Wildman–Crippen LogP) is 6.16. The molecular weight excluding hydrogens is 406 g/mol. The first kappa shape index (κ1) is 25.8. The van der Waals surface area contributed by atoms with Gasteiger partial charge in [-0.15, -0.1) is 0 Å². The second kappa shape index (κ2) is 13.8. The summed E-state index contributed by atoms with van der Waals surface area (Å²) in [6.45, 7) is 6.77. The Morgan fingerprint density at radius 3 is 2.09 bits per heavy atom. The Morgan fingerprint density at radius 1 is 0.844 bits per heavy atom. The molecule has 0 saturated heterocycles. The molecule has 6 nitrogen and oxygen atoms in total. The van der Waals surface area contributed by atoms with Crippen molar-refractivity contribution >= 4 is 16.9 Å². The number of hydrogen-bond acceptors (Lipinski definition) is 5. The molecule has 0 spiro atoms. The van der Waals surface area contributed by atoms with Crippen LogP contribution in [0.4, 0.5) is 0 Å². The summed E-state index contributed by atoms with van der Waals surface area (Å²) >= 11 is 0. The topological polar surface area (TPSA) is 66.8 Å². The highest BCUT2D eigenvalue weighted by atomic mass is 16.6. The molecular formula is C26H39NO5.